The van der Waals surface area contributed by atoms with Gasteiger partial charge in [-0.2, -0.15) is 4.98 Å². The molecule has 0 saturated carbocycles. The van der Waals surface area contributed by atoms with Crippen molar-refractivity contribution < 1.29 is 14.4 Å². The van der Waals surface area contributed by atoms with Crippen LogP contribution in [0.1, 0.15) is 44.8 Å². The van der Waals surface area contributed by atoms with Crippen molar-refractivity contribution in [2.75, 3.05) is 13.2 Å². The van der Waals surface area contributed by atoms with Crippen LogP contribution in [-0.2, 0) is 11.2 Å². The third-order valence-corrected chi connectivity index (χ3v) is 3.15. The number of aliphatic hydroxyl groups excluding tert-OH is 1. The molecule has 0 amide bonds. The quantitative estimate of drug-likeness (QED) is 0.867. The molecule has 0 bridgehead atoms. The Morgan fingerprint density at radius 3 is 2.82 bits per heavy atom. The fraction of sp³-hybridized carbons (Fsp3) is 0.833. The maximum absolute atomic E-state index is 9.96. The predicted molar refractivity (Wildman–Crippen MR) is 61.6 cm³/mol. The fourth-order valence-corrected chi connectivity index (χ4v) is 1.73. The van der Waals surface area contributed by atoms with Crippen molar-refractivity contribution in [3.63, 3.8) is 0 Å². The van der Waals surface area contributed by atoms with Crippen LogP contribution in [-0.4, -0.2) is 34.6 Å². The van der Waals surface area contributed by atoms with E-state index in [4.69, 9.17) is 9.26 Å². The van der Waals surface area contributed by atoms with Crippen LogP contribution in [0.2, 0.25) is 0 Å². The Hall–Kier alpha value is -0.940. The third-order valence-electron chi connectivity index (χ3n) is 3.15. The normalized spacial score (nSPS) is 22.9. The Kier molecular flexibility index (Phi) is 3.49. The van der Waals surface area contributed by atoms with E-state index in [1.54, 1.807) is 0 Å². The second-order valence-electron chi connectivity index (χ2n) is 5.69. The first-order valence-electron chi connectivity index (χ1n) is 6.05. The van der Waals surface area contributed by atoms with Crippen LogP contribution in [0.3, 0.4) is 0 Å². The van der Waals surface area contributed by atoms with E-state index in [1.165, 1.54) is 0 Å². The molecule has 1 fully saturated rings. The van der Waals surface area contributed by atoms with Gasteiger partial charge in [-0.1, -0.05) is 25.9 Å². The van der Waals surface area contributed by atoms with E-state index >= 15 is 0 Å². The lowest BCUT2D eigenvalue weighted by Gasteiger charge is -2.24. The van der Waals surface area contributed by atoms with E-state index in [-0.39, 0.29) is 11.3 Å². The number of ether oxygens (including phenoxy) is 1. The summed E-state index contributed by atoms with van der Waals surface area (Å²) in [6, 6.07) is 0. The third kappa shape index (κ3) is 3.04. The summed E-state index contributed by atoms with van der Waals surface area (Å²) in [6.07, 6.45) is 0.876. The molecule has 5 nitrogen and oxygen atoms in total. The second-order valence-corrected chi connectivity index (χ2v) is 5.69. The molecule has 2 unspecified atom stereocenters. The number of rotatable bonds is 3. The van der Waals surface area contributed by atoms with Crippen molar-refractivity contribution in [1.29, 1.82) is 0 Å². The summed E-state index contributed by atoms with van der Waals surface area (Å²) in [5, 5.41) is 13.9. The summed E-state index contributed by atoms with van der Waals surface area (Å²) >= 11 is 0. The second kappa shape index (κ2) is 4.74. The highest BCUT2D eigenvalue weighted by Crippen LogP contribution is 2.25. The van der Waals surface area contributed by atoms with Crippen LogP contribution < -0.4 is 0 Å². The van der Waals surface area contributed by atoms with Crippen molar-refractivity contribution in [3.8, 4) is 0 Å². The molecule has 96 valence electrons. The van der Waals surface area contributed by atoms with E-state index in [0.717, 1.165) is 13.0 Å². The average Bonchev–Trinajstić information content (AvgIpc) is 2.83. The van der Waals surface area contributed by atoms with Crippen LogP contribution in [0.15, 0.2) is 4.52 Å². The van der Waals surface area contributed by atoms with Gasteiger partial charge >= 0.3 is 0 Å². The highest BCUT2D eigenvalue weighted by atomic mass is 16.5. The van der Waals surface area contributed by atoms with Crippen molar-refractivity contribution in [3.05, 3.63) is 11.7 Å². The topological polar surface area (TPSA) is 68.4 Å². The summed E-state index contributed by atoms with van der Waals surface area (Å²) in [5.74, 6) is 1.47. The van der Waals surface area contributed by atoms with Crippen molar-refractivity contribution in [2.45, 2.75) is 45.6 Å². The molecule has 1 aliphatic rings. The van der Waals surface area contributed by atoms with E-state index in [9.17, 15) is 5.11 Å². The van der Waals surface area contributed by atoms with Crippen LogP contribution in [0.25, 0.3) is 0 Å². The summed E-state index contributed by atoms with van der Waals surface area (Å²) in [6.45, 7) is 7.39. The van der Waals surface area contributed by atoms with E-state index < -0.39 is 6.10 Å². The molecule has 0 aromatic carbocycles. The van der Waals surface area contributed by atoms with Gasteiger partial charge in [-0.15, -0.1) is 0 Å². The van der Waals surface area contributed by atoms with Gasteiger partial charge in [-0.25, -0.2) is 0 Å². The predicted octanol–water partition coefficient (Wildman–Crippen LogP) is 1.52. The number of hydrogen-bond donors (Lipinski definition) is 1. The Balaban J connectivity index is 1.98. The average molecular weight is 240 g/mol. The minimum absolute atomic E-state index is 0.175. The molecule has 0 radical (unpaired) electrons. The van der Waals surface area contributed by atoms with Crippen LogP contribution in [0.5, 0.6) is 0 Å². The molecule has 2 heterocycles. The van der Waals surface area contributed by atoms with Gasteiger partial charge in [0.05, 0.1) is 19.1 Å². The Bertz CT molecular complexity index is 364. The zero-order valence-corrected chi connectivity index (χ0v) is 10.6. The Morgan fingerprint density at radius 1 is 1.47 bits per heavy atom. The molecular weight excluding hydrogens is 220 g/mol. The van der Waals surface area contributed by atoms with Crippen LogP contribution >= 0.6 is 0 Å². The molecule has 5 heteroatoms. The minimum Gasteiger partial charge on any atom is -0.392 e. The Morgan fingerprint density at radius 2 is 2.24 bits per heavy atom. The largest absolute Gasteiger partial charge is 0.392 e. The standard InChI is InChI=1S/C12H20N2O3/c1-12(2,3)9(15)6-10-13-11(14-17-10)8-4-5-16-7-8/h8-9,15H,4-7H2,1-3H3. The summed E-state index contributed by atoms with van der Waals surface area (Å²) < 4.78 is 10.5. The molecular formula is C12H20N2O3. The highest BCUT2D eigenvalue weighted by molar-refractivity contribution is 4.98. The molecule has 0 spiro atoms. The van der Waals surface area contributed by atoms with Gasteiger partial charge in [0.1, 0.15) is 0 Å². The van der Waals surface area contributed by atoms with Gasteiger partial charge in [-0.3, -0.25) is 0 Å². The maximum atomic E-state index is 9.96. The van der Waals surface area contributed by atoms with E-state index in [2.05, 4.69) is 10.1 Å². The van der Waals surface area contributed by atoms with Crippen molar-refractivity contribution >= 4 is 0 Å². The highest BCUT2D eigenvalue weighted by Gasteiger charge is 2.27. The molecule has 17 heavy (non-hydrogen) atoms. The molecule has 1 aliphatic heterocycles. The first kappa shape index (κ1) is 12.5. The van der Waals surface area contributed by atoms with Gasteiger partial charge in [0.2, 0.25) is 5.89 Å². The number of aromatic nitrogens is 2. The lowest BCUT2D eigenvalue weighted by atomic mass is 9.87. The van der Waals surface area contributed by atoms with Gasteiger partial charge in [0.25, 0.3) is 0 Å². The minimum atomic E-state index is -0.476. The molecule has 1 aromatic heterocycles. The van der Waals surface area contributed by atoms with Crippen molar-refractivity contribution in [1.82, 2.24) is 10.1 Å². The molecule has 1 aromatic rings. The number of nitrogens with zero attached hydrogens (tertiary/aromatic N) is 2. The zero-order valence-electron chi connectivity index (χ0n) is 10.6. The maximum Gasteiger partial charge on any atom is 0.229 e. The fourth-order valence-electron chi connectivity index (χ4n) is 1.73. The van der Waals surface area contributed by atoms with E-state index in [1.807, 2.05) is 20.8 Å². The summed E-state index contributed by atoms with van der Waals surface area (Å²) in [5.41, 5.74) is -0.175. The van der Waals surface area contributed by atoms with Crippen LogP contribution in [0, 0.1) is 5.41 Å². The molecule has 1 N–H and O–H groups in total. The van der Waals surface area contributed by atoms with E-state index in [0.29, 0.717) is 24.7 Å². The van der Waals surface area contributed by atoms with Crippen LogP contribution in [0.4, 0.5) is 0 Å². The molecule has 2 atom stereocenters. The molecule has 1 saturated heterocycles. The summed E-state index contributed by atoms with van der Waals surface area (Å²) in [4.78, 5) is 4.33. The SMILES string of the molecule is CC(C)(C)C(O)Cc1nc(C2CCOC2)no1. The number of hydrogen-bond acceptors (Lipinski definition) is 5. The molecule has 0 aliphatic carbocycles. The summed E-state index contributed by atoms with van der Waals surface area (Å²) in [7, 11) is 0. The van der Waals surface area contributed by atoms with Gasteiger partial charge in [0.15, 0.2) is 5.82 Å². The van der Waals surface area contributed by atoms with Gasteiger partial charge in [0, 0.05) is 12.5 Å². The first-order valence-corrected chi connectivity index (χ1v) is 6.05. The zero-order chi connectivity index (χ0) is 12.5. The number of aliphatic hydroxyl groups is 1. The van der Waals surface area contributed by atoms with Gasteiger partial charge in [-0.05, 0) is 11.8 Å². The lowest BCUT2D eigenvalue weighted by Crippen LogP contribution is -2.28. The van der Waals surface area contributed by atoms with Gasteiger partial charge < -0.3 is 14.4 Å². The first-order chi connectivity index (χ1) is 7.97. The van der Waals surface area contributed by atoms with Crippen molar-refractivity contribution in [2.24, 2.45) is 5.41 Å². The molecule has 2 rings (SSSR count). The smallest absolute Gasteiger partial charge is 0.229 e. The lowest BCUT2D eigenvalue weighted by molar-refractivity contribution is 0.0565. The monoisotopic (exact) mass is 240 g/mol. The Labute approximate surface area is 101 Å².